The second-order valence-corrected chi connectivity index (χ2v) is 7.38. The molecule has 1 atom stereocenters. The Morgan fingerprint density at radius 3 is 2.95 bits per heavy atom. The average Bonchev–Trinajstić information content (AvgIpc) is 2.80. The van der Waals surface area contributed by atoms with Crippen LogP contribution in [0.1, 0.15) is 44.6 Å². The Hall–Kier alpha value is -0.450. The van der Waals surface area contributed by atoms with Crippen molar-refractivity contribution in [2.75, 3.05) is 13.1 Å². The van der Waals surface area contributed by atoms with Gasteiger partial charge in [-0.15, -0.1) is 0 Å². The highest BCUT2D eigenvalue weighted by Gasteiger charge is 2.37. The first-order valence-corrected chi connectivity index (χ1v) is 8.55. The molecule has 0 amide bonds. The Balaban J connectivity index is 1.75. The topological polar surface area (TPSA) is 28.2 Å². The van der Waals surface area contributed by atoms with Crippen molar-refractivity contribution in [3.8, 4) is 0 Å². The lowest BCUT2D eigenvalue weighted by Crippen LogP contribution is -2.49. The van der Waals surface area contributed by atoms with Gasteiger partial charge in [-0.3, -0.25) is 9.88 Å². The molecule has 1 saturated heterocycles. The Kier molecular flexibility index (Phi) is 4.43. The predicted octanol–water partition coefficient (Wildman–Crippen LogP) is 3.34. The van der Waals surface area contributed by atoms with E-state index in [0.717, 1.165) is 17.6 Å². The smallest absolute Gasteiger partial charge is 0.0410 e. The number of hydrogen-bond donors (Lipinski definition) is 1. The Morgan fingerprint density at radius 2 is 2.20 bits per heavy atom. The molecule has 1 aliphatic carbocycles. The fraction of sp³-hybridized carbons (Fsp3) is 0.688. The molecular formula is C16H24BrN3. The Morgan fingerprint density at radius 1 is 1.40 bits per heavy atom. The number of pyridine rings is 1. The summed E-state index contributed by atoms with van der Waals surface area (Å²) in [5.41, 5.74) is 1.69. The number of aromatic nitrogens is 1. The van der Waals surface area contributed by atoms with Crippen molar-refractivity contribution >= 4 is 15.9 Å². The first-order chi connectivity index (χ1) is 9.67. The van der Waals surface area contributed by atoms with E-state index in [1.807, 2.05) is 12.4 Å². The van der Waals surface area contributed by atoms with Gasteiger partial charge in [0.05, 0.1) is 0 Å². The van der Waals surface area contributed by atoms with E-state index in [0.29, 0.717) is 11.6 Å². The van der Waals surface area contributed by atoms with Crippen LogP contribution in [0.3, 0.4) is 0 Å². The summed E-state index contributed by atoms with van der Waals surface area (Å²) in [5, 5.41) is 3.85. The van der Waals surface area contributed by atoms with E-state index in [1.54, 1.807) is 0 Å². The van der Waals surface area contributed by atoms with Crippen molar-refractivity contribution in [2.24, 2.45) is 0 Å². The molecule has 3 nitrogen and oxygen atoms in total. The molecule has 0 radical (unpaired) electrons. The number of halogens is 1. The van der Waals surface area contributed by atoms with Crippen molar-refractivity contribution in [2.45, 2.75) is 57.2 Å². The van der Waals surface area contributed by atoms with Gasteiger partial charge in [0.2, 0.25) is 0 Å². The lowest BCUT2D eigenvalue weighted by Gasteiger charge is -2.35. The summed E-state index contributed by atoms with van der Waals surface area (Å²) < 4.78 is 1.08. The summed E-state index contributed by atoms with van der Waals surface area (Å²) in [6.45, 7) is 5.72. The monoisotopic (exact) mass is 337 g/mol. The van der Waals surface area contributed by atoms with Crippen LogP contribution in [0, 0.1) is 0 Å². The van der Waals surface area contributed by atoms with Crippen LogP contribution in [-0.4, -0.2) is 34.6 Å². The van der Waals surface area contributed by atoms with E-state index < -0.39 is 0 Å². The van der Waals surface area contributed by atoms with Crippen molar-refractivity contribution in [1.82, 2.24) is 15.2 Å². The minimum Gasteiger partial charge on any atom is -0.310 e. The molecule has 1 aliphatic heterocycles. The van der Waals surface area contributed by atoms with E-state index >= 15 is 0 Å². The highest BCUT2D eigenvalue weighted by atomic mass is 79.9. The van der Waals surface area contributed by atoms with Gasteiger partial charge in [0.25, 0.3) is 0 Å². The number of rotatable bonds is 2. The second kappa shape index (κ2) is 6.12. The molecule has 0 aromatic carbocycles. The summed E-state index contributed by atoms with van der Waals surface area (Å²) in [6.07, 6.45) is 10.5. The maximum Gasteiger partial charge on any atom is 0.0410 e. The lowest BCUT2D eigenvalue weighted by molar-refractivity contribution is 0.160. The zero-order valence-corrected chi connectivity index (χ0v) is 13.8. The molecular weight excluding hydrogens is 314 g/mol. The summed E-state index contributed by atoms with van der Waals surface area (Å²) in [6, 6.07) is 2.83. The normalized spacial score (nSPS) is 26.8. The molecule has 1 aromatic heterocycles. The lowest BCUT2D eigenvalue weighted by atomic mass is 9.97. The molecule has 20 heavy (non-hydrogen) atoms. The first kappa shape index (κ1) is 14.5. The Bertz CT molecular complexity index is 457. The van der Waals surface area contributed by atoms with Gasteiger partial charge in [-0.25, -0.2) is 0 Å². The van der Waals surface area contributed by atoms with Crippen LogP contribution in [0.4, 0.5) is 0 Å². The third-order valence-corrected chi connectivity index (χ3v) is 5.33. The third kappa shape index (κ3) is 3.23. The molecule has 2 aliphatic rings. The number of nitrogens with zero attached hydrogens (tertiary/aromatic N) is 2. The van der Waals surface area contributed by atoms with Gasteiger partial charge in [-0.05, 0) is 60.3 Å². The Labute approximate surface area is 130 Å². The third-order valence-electron chi connectivity index (χ3n) is 4.90. The van der Waals surface area contributed by atoms with E-state index in [-0.39, 0.29) is 0 Å². The van der Waals surface area contributed by atoms with Gasteiger partial charge < -0.3 is 5.32 Å². The quantitative estimate of drug-likeness (QED) is 0.896. The van der Waals surface area contributed by atoms with Gasteiger partial charge in [0, 0.05) is 41.5 Å². The summed E-state index contributed by atoms with van der Waals surface area (Å²) in [4.78, 5) is 6.95. The van der Waals surface area contributed by atoms with Crippen LogP contribution >= 0.6 is 15.9 Å². The summed E-state index contributed by atoms with van der Waals surface area (Å²) in [7, 11) is 0. The van der Waals surface area contributed by atoms with Gasteiger partial charge >= 0.3 is 0 Å². The molecule has 1 saturated carbocycles. The molecule has 0 bridgehead atoms. The fourth-order valence-electron chi connectivity index (χ4n) is 3.70. The maximum atomic E-state index is 4.30. The largest absolute Gasteiger partial charge is 0.310 e. The summed E-state index contributed by atoms with van der Waals surface area (Å²) in [5.74, 6) is 0. The molecule has 3 rings (SSSR count). The highest BCUT2D eigenvalue weighted by Crippen LogP contribution is 2.33. The van der Waals surface area contributed by atoms with Crippen LogP contribution in [-0.2, 0) is 6.54 Å². The minimum atomic E-state index is 0.379. The van der Waals surface area contributed by atoms with E-state index in [9.17, 15) is 0 Å². The molecule has 2 fully saturated rings. The number of hydrogen-bond acceptors (Lipinski definition) is 3. The zero-order valence-electron chi connectivity index (χ0n) is 12.2. The molecule has 1 unspecified atom stereocenters. The van der Waals surface area contributed by atoms with Crippen LogP contribution in [0.15, 0.2) is 22.9 Å². The molecule has 4 heteroatoms. The minimum absolute atomic E-state index is 0.379. The second-order valence-electron chi connectivity index (χ2n) is 6.47. The van der Waals surface area contributed by atoms with E-state index in [4.69, 9.17) is 0 Å². The van der Waals surface area contributed by atoms with Crippen molar-refractivity contribution in [1.29, 1.82) is 0 Å². The average molecular weight is 338 g/mol. The standard InChI is InChI=1S/C16H24BrN3/c1-13-4-7-19-16(5-2-3-6-16)12-20(13)11-14-8-15(17)10-18-9-14/h8-10,13,19H,2-7,11-12H2,1H3. The zero-order chi connectivity index (χ0) is 14.0. The molecule has 1 aromatic rings. The van der Waals surface area contributed by atoms with Gasteiger partial charge in [-0.2, -0.15) is 0 Å². The molecule has 110 valence electrons. The van der Waals surface area contributed by atoms with Gasteiger partial charge in [0.15, 0.2) is 0 Å². The van der Waals surface area contributed by atoms with E-state index in [1.165, 1.54) is 44.2 Å². The molecule has 1 spiro atoms. The van der Waals surface area contributed by atoms with Crippen molar-refractivity contribution < 1.29 is 0 Å². The van der Waals surface area contributed by atoms with E-state index in [2.05, 4.69) is 44.1 Å². The maximum absolute atomic E-state index is 4.30. The first-order valence-electron chi connectivity index (χ1n) is 7.75. The van der Waals surface area contributed by atoms with Crippen LogP contribution in [0.5, 0.6) is 0 Å². The van der Waals surface area contributed by atoms with Gasteiger partial charge in [-0.1, -0.05) is 12.8 Å². The van der Waals surface area contributed by atoms with Crippen LogP contribution < -0.4 is 5.32 Å². The molecule has 1 N–H and O–H groups in total. The summed E-state index contributed by atoms with van der Waals surface area (Å²) >= 11 is 3.52. The SMILES string of the molecule is CC1CCNC2(CCCC2)CN1Cc1cncc(Br)c1. The fourth-order valence-corrected chi connectivity index (χ4v) is 4.12. The number of nitrogens with one attached hydrogen (secondary N) is 1. The van der Waals surface area contributed by atoms with Crippen LogP contribution in [0.25, 0.3) is 0 Å². The van der Waals surface area contributed by atoms with Gasteiger partial charge in [0.1, 0.15) is 0 Å². The van der Waals surface area contributed by atoms with Crippen molar-refractivity contribution in [3.05, 3.63) is 28.5 Å². The highest BCUT2D eigenvalue weighted by molar-refractivity contribution is 9.10. The predicted molar refractivity (Wildman–Crippen MR) is 85.6 cm³/mol. The van der Waals surface area contributed by atoms with Crippen LogP contribution in [0.2, 0.25) is 0 Å². The molecule has 2 heterocycles. The van der Waals surface area contributed by atoms with Crippen molar-refractivity contribution in [3.63, 3.8) is 0 Å².